The predicted octanol–water partition coefficient (Wildman–Crippen LogP) is 0.274. The Morgan fingerprint density at radius 2 is 2.40 bits per heavy atom. The number of nitrogens with two attached hydrogens (primary N) is 1. The van der Waals surface area contributed by atoms with Crippen LogP contribution < -0.4 is 5.73 Å². The molecular formula is C6H11NO2S. The molecule has 3 N–H and O–H groups in total. The van der Waals surface area contributed by atoms with E-state index in [0.29, 0.717) is 0 Å². The first-order valence-electron chi connectivity index (χ1n) is 2.84. The second-order valence-electron chi connectivity index (χ2n) is 2.00. The molecule has 0 saturated heterocycles. The second-order valence-corrected chi connectivity index (χ2v) is 2.32. The fourth-order valence-corrected chi connectivity index (χ4v) is 0.730. The maximum atomic E-state index is 10.4. The number of carboxylic acid groups (broad SMARTS) is 1. The molecule has 0 aliphatic heterocycles. The van der Waals surface area contributed by atoms with Gasteiger partial charge < -0.3 is 10.8 Å². The zero-order valence-corrected chi connectivity index (χ0v) is 6.64. The van der Waals surface area contributed by atoms with Gasteiger partial charge in [0.15, 0.2) is 0 Å². The highest BCUT2D eigenvalue weighted by molar-refractivity contribution is 7.80. The Kier molecular flexibility index (Phi) is 3.46. The van der Waals surface area contributed by atoms with Gasteiger partial charge in [-0.1, -0.05) is 12.2 Å². The minimum atomic E-state index is -1.31. The summed E-state index contributed by atoms with van der Waals surface area (Å²) < 4.78 is 0. The van der Waals surface area contributed by atoms with Crippen LogP contribution in [0.5, 0.6) is 0 Å². The number of carbonyl (C=O) groups is 1. The quantitative estimate of drug-likeness (QED) is 0.411. The molecular weight excluding hydrogens is 150 g/mol. The Morgan fingerprint density at radius 1 is 1.90 bits per heavy atom. The third kappa shape index (κ3) is 2.04. The third-order valence-electron chi connectivity index (χ3n) is 1.12. The van der Waals surface area contributed by atoms with Crippen molar-refractivity contribution < 1.29 is 9.90 Å². The van der Waals surface area contributed by atoms with Crippen LogP contribution in [0, 0.1) is 0 Å². The van der Waals surface area contributed by atoms with Crippen LogP contribution in [0.4, 0.5) is 0 Å². The number of allylic oxidation sites excluding steroid dienone is 1. The van der Waals surface area contributed by atoms with E-state index in [0.717, 1.165) is 0 Å². The molecule has 0 unspecified atom stereocenters. The lowest BCUT2D eigenvalue weighted by molar-refractivity contribution is -0.140. The molecule has 0 rings (SSSR count). The molecule has 0 spiro atoms. The molecule has 0 aliphatic rings. The van der Waals surface area contributed by atoms with Crippen molar-refractivity contribution >= 4 is 18.6 Å². The number of thiol groups is 1. The van der Waals surface area contributed by atoms with Crippen molar-refractivity contribution in [3.05, 3.63) is 12.2 Å². The Hall–Kier alpha value is -0.480. The first-order valence-corrected chi connectivity index (χ1v) is 3.47. The summed E-state index contributed by atoms with van der Waals surface area (Å²) in [5.74, 6) is -0.951. The van der Waals surface area contributed by atoms with Gasteiger partial charge in [0.1, 0.15) is 5.54 Å². The number of hydrogen-bond acceptors (Lipinski definition) is 3. The summed E-state index contributed by atoms with van der Waals surface area (Å²) in [6.07, 6.45) is 3.02. The van der Waals surface area contributed by atoms with Crippen molar-refractivity contribution in [2.75, 3.05) is 5.75 Å². The second kappa shape index (κ2) is 3.63. The fraction of sp³-hybridized carbons (Fsp3) is 0.500. The van der Waals surface area contributed by atoms with Crippen LogP contribution in [-0.4, -0.2) is 22.4 Å². The van der Waals surface area contributed by atoms with E-state index in [1.165, 1.54) is 6.08 Å². The van der Waals surface area contributed by atoms with E-state index < -0.39 is 11.5 Å². The van der Waals surface area contributed by atoms with E-state index in [1.807, 2.05) is 0 Å². The summed E-state index contributed by atoms with van der Waals surface area (Å²) in [6.45, 7) is 1.72. The van der Waals surface area contributed by atoms with Gasteiger partial charge >= 0.3 is 5.97 Å². The summed E-state index contributed by atoms with van der Waals surface area (Å²) in [5.41, 5.74) is 4.08. The molecule has 0 aliphatic carbocycles. The molecule has 0 amide bonds. The lowest BCUT2D eigenvalue weighted by Crippen LogP contribution is -2.47. The van der Waals surface area contributed by atoms with Crippen LogP contribution in [-0.2, 0) is 4.79 Å². The van der Waals surface area contributed by atoms with Gasteiger partial charge in [-0.2, -0.15) is 12.6 Å². The first kappa shape index (κ1) is 9.52. The molecule has 0 heterocycles. The monoisotopic (exact) mass is 161 g/mol. The lowest BCUT2D eigenvalue weighted by Gasteiger charge is -2.16. The summed E-state index contributed by atoms with van der Waals surface area (Å²) in [6, 6.07) is 0. The SMILES string of the molecule is CC=C[C@](N)(CS)C(=O)O. The Balaban J connectivity index is 4.38. The minimum absolute atomic E-state index is 0.104. The van der Waals surface area contributed by atoms with Crippen LogP contribution in [0.25, 0.3) is 0 Å². The standard InChI is InChI=1S/C6H11NO2S/c1-2-3-6(7,4-10)5(8)9/h2-3,10H,4,7H2,1H3,(H,8,9)/t6-/m0/s1. The van der Waals surface area contributed by atoms with Crippen molar-refractivity contribution in [1.29, 1.82) is 0 Å². The molecule has 4 heteroatoms. The minimum Gasteiger partial charge on any atom is -0.480 e. The highest BCUT2D eigenvalue weighted by Gasteiger charge is 2.28. The van der Waals surface area contributed by atoms with Crippen molar-refractivity contribution in [3.8, 4) is 0 Å². The molecule has 0 radical (unpaired) electrons. The average molecular weight is 161 g/mol. The summed E-state index contributed by atoms with van der Waals surface area (Å²) in [5, 5.41) is 8.54. The van der Waals surface area contributed by atoms with Crippen LogP contribution in [0.15, 0.2) is 12.2 Å². The first-order chi connectivity index (χ1) is 4.56. The zero-order chi connectivity index (χ0) is 8.20. The van der Waals surface area contributed by atoms with Gasteiger partial charge in [-0.05, 0) is 6.92 Å². The van der Waals surface area contributed by atoms with Gasteiger partial charge in [0, 0.05) is 5.75 Å². The summed E-state index contributed by atoms with van der Waals surface area (Å²) in [7, 11) is 0. The number of hydrogen-bond donors (Lipinski definition) is 3. The molecule has 0 aromatic carbocycles. The van der Waals surface area contributed by atoms with E-state index >= 15 is 0 Å². The topological polar surface area (TPSA) is 63.3 Å². The van der Waals surface area contributed by atoms with Gasteiger partial charge in [-0.25, -0.2) is 4.79 Å². The van der Waals surface area contributed by atoms with Crippen molar-refractivity contribution in [2.24, 2.45) is 5.73 Å². The maximum Gasteiger partial charge on any atom is 0.328 e. The molecule has 0 aromatic rings. The van der Waals surface area contributed by atoms with E-state index in [9.17, 15) is 4.79 Å². The molecule has 0 aromatic heterocycles. The molecule has 3 nitrogen and oxygen atoms in total. The molecule has 1 atom stereocenters. The third-order valence-corrected chi connectivity index (χ3v) is 1.65. The number of aliphatic carboxylic acids is 1. The van der Waals surface area contributed by atoms with Crippen LogP contribution >= 0.6 is 12.6 Å². The summed E-state index contributed by atoms with van der Waals surface area (Å²) >= 11 is 3.82. The highest BCUT2D eigenvalue weighted by Crippen LogP contribution is 2.04. The van der Waals surface area contributed by atoms with Gasteiger partial charge in [0.25, 0.3) is 0 Å². The lowest BCUT2D eigenvalue weighted by atomic mass is 10.0. The number of carboxylic acids is 1. The van der Waals surface area contributed by atoms with E-state index in [-0.39, 0.29) is 5.75 Å². The van der Waals surface area contributed by atoms with E-state index in [1.54, 1.807) is 13.0 Å². The molecule has 0 bridgehead atoms. The fourth-order valence-electron chi connectivity index (χ4n) is 0.489. The van der Waals surface area contributed by atoms with Crippen LogP contribution in [0.1, 0.15) is 6.92 Å². The Morgan fingerprint density at radius 3 is 2.50 bits per heavy atom. The van der Waals surface area contributed by atoms with Gasteiger partial charge in [-0.3, -0.25) is 0 Å². The maximum absolute atomic E-state index is 10.4. The van der Waals surface area contributed by atoms with Gasteiger partial charge in [0.2, 0.25) is 0 Å². The molecule has 0 fully saturated rings. The largest absolute Gasteiger partial charge is 0.480 e. The van der Waals surface area contributed by atoms with E-state index in [2.05, 4.69) is 12.6 Å². The number of rotatable bonds is 3. The van der Waals surface area contributed by atoms with Gasteiger partial charge in [-0.15, -0.1) is 0 Å². The Labute approximate surface area is 65.3 Å². The van der Waals surface area contributed by atoms with Gasteiger partial charge in [0.05, 0.1) is 0 Å². The molecule has 10 heavy (non-hydrogen) atoms. The predicted molar refractivity (Wildman–Crippen MR) is 43.2 cm³/mol. The van der Waals surface area contributed by atoms with Crippen molar-refractivity contribution in [2.45, 2.75) is 12.5 Å². The van der Waals surface area contributed by atoms with E-state index in [4.69, 9.17) is 10.8 Å². The Bertz CT molecular complexity index is 158. The van der Waals surface area contributed by atoms with Crippen molar-refractivity contribution in [1.82, 2.24) is 0 Å². The smallest absolute Gasteiger partial charge is 0.328 e. The van der Waals surface area contributed by atoms with Crippen molar-refractivity contribution in [3.63, 3.8) is 0 Å². The highest BCUT2D eigenvalue weighted by atomic mass is 32.1. The molecule has 58 valence electrons. The normalized spacial score (nSPS) is 17.1. The van der Waals surface area contributed by atoms with Crippen LogP contribution in [0.3, 0.4) is 0 Å². The van der Waals surface area contributed by atoms with Crippen LogP contribution in [0.2, 0.25) is 0 Å². The zero-order valence-electron chi connectivity index (χ0n) is 5.74. The average Bonchev–Trinajstić information content (AvgIpc) is 1.88. The summed E-state index contributed by atoms with van der Waals surface area (Å²) in [4.78, 5) is 10.4. The molecule has 0 saturated carbocycles.